The summed E-state index contributed by atoms with van der Waals surface area (Å²) in [7, 11) is -1.11. The van der Waals surface area contributed by atoms with Gasteiger partial charge in [0.05, 0.1) is 11.0 Å². The minimum absolute atomic E-state index is 0.287. The lowest BCUT2D eigenvalue weighted by Crippen LogP contribution is -2.25. The Morgan fingerprint density at radius 2 is 2.10 bits per heavy atom. The van der Waals surface area contributed by atoms with E-state index < -0.39 is 9.84 Å². The molecule has 7 heteroatoms. The fourth-order valence-electron chi connectivity index (χ4n) is 2.36. The third kappa shape index (κ3) is 3.59. The van der Waals surface area contributed by atoms with Crippen LogP contribution in [0.2, 0.25) is 0 Å². The van der Waals surface area contributed by atoms with Crippen LogP contribution in [-0.2, 0) is 16.3 Å². The van der Waals surface area contributed by atoms with Crippen molar-refractivity contribution in [1.82, 2.24) is 9.97 Å². The Morgan fingerprint density at radius 3 is 2.70 bits per heavy atom. The molecule has 0 aliphatic carbocycles. The van der Waals surface area contributed by atoms with Gasteiger partial charge in [0, 0.05) is 26.1 Å². The SMILES string of the molecule is CCCc1nc(NC)cc(NCC2CCCS2(=O)=O)n1. The van der Waals surface area contributed by atoms with E-state index in [4.69, 9.17) is 0 Å². The molecule has 1 aromatic heterocycles. The number of anilines is 2. The largest absolute Gasteiger partial charge is 0.373 e. The van der Waals surface area contributed by atoms with Crippen molar-refractivity contribution in [3.8, 4) is 0 Å². The van der Waals surface area contributed by atoms with Crippen LogP contribution in [-0.4, -0.2) is 43.0 Å². The third-order valence-corrected chi connectivity index (χ3v) is 5.75. The number of sulfone groups is 1. The average Bonchev–Trinajstić information content (AvgIpc) is 2.75. The van der Waals surface area contributed by atoms with Crippen LogP contribution in [0.1, 0.15) is 32.0 Å². The maximum Gasteiger partial charge on any atom is 0.154 e. The molecule has 2 heterocycles. The summed E-state index contributed by atoms with van der Waals surface area (Å²) in [6.45, 7) is 2.50. The predicted octanol–water partition coefficient (Wildman–Crippen LogP) is 1.46. The molecule has 0 aromatic carbocycles. The van der Waals surface area contributed by atoms with Gasteiger partial charge in [-0.1, -0.05) is 6.92 Å². The monoisotopic (exact) mass is 298 g/mol. The summed E-state index contributed by atoms with van der Waals surface area (Å²) < 4.78 is 23.6. The summed E-state index contributed by atoms with van der Waals surface area (Å²) >= 11 is 0. The topological polar surface area (TPSA) is 84.0 Å². The second-order valence-corrected chi connectivity index (χ2v) is 7.47. The number of aromatic nitrogens is 2. The van der Waals surface area contributed by atoms with Crippen LogP contribution < -0.4 is 10.6 Å². The van der Waals surface area contributed by atoms with Crippen LogP contribution in [0.25, 0.3) is 0 Å². The lowest BCUT2D eigenvalue weighted by Gasteiger charge is -2.13. The van der Waals surface area contributed by atoms with Gasteiger partial charge in [0.1, 0.15) is 17.5 Å². The maximum absolute atomic E-state index is 11.8. The number of hydrogen-bond donors (Lipinski definition) is 2. The molecule has 0 bridgehead atoms. The summed E-state index contributed by atoms with van der Waals surface area (Å²) in [6, 6.07) is 1.81. The second-order valence-electron chi connectivity index (χ2n) is 5.07. The fraction of sp³-hybridized carbons (Fsp3) is 0.692. The van der Waals surface area contributed by atoms with Gasteiger partial charge in [0.15, 0.2) is 9.84 Å². The van der Waals surface area contributed by atoms with E-state index in [1.165, 1.54) is 0 Å². The summed E-state index contributed by atoms with van der Waals surface area (Å²) in [6.07, 6.45) is 3.29. The molecule has 6 nitrogen and oxygen atoms in total. The highest BCUT2D eigenvalue weighted by Crippen LogP contribution is 2.21. The van der Waals surface area contributed by atoms with Gasteiger partial charge in [0.25, 0.3) is 0 Å². The van der Waals surface area contributed by atoms with Crippen molar-refractivity contribution in [3.63, 3.8) is 0 Å². The van der Waals surface area contributed by atoms with E-state index in [9.17, 15) is 8.42 Å². The summed E-state index contributed by atoms with van der Waals surface area (Å²) in [5, 5.41) is 5.86. The fourth-order valence-corrected chi connectivity index (χ4v) is 4.12. The van der Waals surface area contributed by atoms with Crippen molar-refractivity contribution in [2.75, 3.05) is 30.0 Å². The Bertz CT molecular complexity index is 559. The lowest BCUT2D eigenvalue weighted by molar-refractivity contribution is 0.591. The molecule has 0 amide bonds. The van der Waals surface area contributed by atoms with Crippen molar-refractivity contribution in [1.29, 1.82) is 0 Å². The van der Waals surface area contributed by atoms with E-state index in [-0.39, 0.29) is 5.25 Å². The van der Waals surface area contributed by atoms with E-state index >= 15 is 0 Å². The number of nitrogens with one attached hydrogen (secondary N) is 2. The molecule has 1 aliphatic heterocycles. The molecule has 1 fully saturated rings. The van der Waals surface area contributed by atoms with Crippen molar-refractivity contribution < 1.29 is 8.42 Å². The van der Waals surface area contributed by atoms with E-state index in [0.29, 0.717) is 18.1 Å². The molecule has 2 rings (SSSR count). The second kappa shape index (κ2) is 6.39. The standard InChI is InChI=1S/C13H22N4O2S/c1-3-5-11-16-12(14-2)8-13(17-11)15-9-10-6-4-7-20(10,18)19/h8,10H,3-7,9H2,1-2H3,(H2,14,15,16,17). The summed E-state index contributed by atoms with van der Waals surface area (Å²) in [4.78, 5) is 8.79. The van der Waals surface area contributed by atoms with Crippen molar-refractivity contribution >= 4 is 21.5 Å². The zero-order chi connectivity index (χ0) is 14.6. The minimum atomic E-state index is -2.91. The molecule has 1 unspecified atom stereocenters. The van der Waals surface area contributed by atoms with Crippen LogP contribution in [0.15, 0.2) is 6.07 Å². The Balaban J connectivity index is 2.07. The number of nitrogens with zero attached hydrogens (tertiary/aromatic N) is 2. The quantitative estimate of drug-likeness (QED) is 0.827. The van der Waals surface area contributed by atoms with Crippen molar-refractivity contribution in [2.24, 2.45) is 0 Å². The maximum atomic E-state index is 11.8. The van der Waals surface area contributed by atoms with E-state index in [1.54, 1.807) is 6.07 Å². The molecule has 0 saturated carbocycles. The minimum Gasteiger partial charge on any atom is -0.373 e. The molecule has 20 heavy (non-hydrogen) atoms. The van der Waals surface area contributed by atoms with Crippen molar-refractivity contribution in [2.45, 2.75) is 37.9 Å². The molecule has 0 spiro atoms. The number of hydrogen-bond acceptors (Lipinski definition) is 6. The third-order valence-electron chi connectivity index (χ3n) is 3.48. The first-order valence-electron chi connectivity index (χ1n) is 7.06. The molecule has 0 radical (unpaired) electrons. The van der Waals surface area contributed by atoms with Gasteiger partial charge < -0.3 is 10.6 Å². The summed E-state index contributed by atoms with van der Waals surface area (Å²) in [5.41, 5.74) is 0. The molecule has 112 valence electrons. The zero-order valence-corrected chi connectivity index (χ0v) is 12.8. The highest BCUT2D eigenvalue weighted by molar-refractivity contribution is 7.92. The lowest BCUT2D eigenvalue weighted by atomic mass is 10.2. The first-order valence-corrected chi connectivity index (χ1v) is 8.78. The number of rotatable bonds is 6. The Morgan fingerprint density at radius 1 is 1.35 bits per heavy atom. The predicted molar refractivity (Wildman–Crippen MR) is 80.9 cm³/mol. The molecule has 1 aromatic rings. The average molecular weight is 298 g/mol. The molecule has 1 aliphatic rings. The molecule has 1 atom stereocenters. The first-order chi connectivity index (χ1) is 9.55. The Labute approximate surface area is 120 Å². The normalized spacial score (nSPS) is 20.8. The zero-order valence-electron chi connectivity index (χ0n) is 12.0. The van der Waals surface area contributed by atoms with Gasteiger partial charge >= 0.3 is 0 Å². The van der Waals surface area contributed by atoms with Crippen LogP contribution in [0.3, 0.4) is 0 Å². The van der Waals surface area contributed by atoms with Gasteiger partial charge in [-0.15, -0.1) is 0 Å². The van der Waals surface area contributed by atoms with Crippen molar-refractivity contribution in [3.05, 3.63) is 11.9 Å². The molecular weight excluding hydrogens is 276 g/mol. The van der Waals surface area contributed by atoms with E-state index in [0.717, 1.165) is 37.3 Å². The Hall–Kier alpha value is -1.37. The Kier molecular flexibility index (Phi) is 4.80. The smallest absolute Gasteiger partial charge is 0.154 e. The van der Waals surface area contributed by atoms with Gasteiger partial charge in [0.2, 0.25) is 0 Å². The van der Waals surface area contributed by atoms with Crippen LogP contribution in [0, 0.1) is 0 Å². The molecular formula is C13H22N4O2S. The van der Waals surface area contributed by atoms with Crippen LogP contribution in [0.5, 0.6) is 0 Å². The molecule has 2 N–H and O–H groups in total. The van der Waals surface area contributed by atoms with Gasteiger partial charge in [-0.2, -0.15) is 0 Å². The van der Waals surface area contributed by atoms with E-state index in [1.807, 2.05) is 7.05 Å². The van der Waals surface area contributed by atoms with E-state index in [2.05, 4.69) is 27.5 Å². The van der Waals surface area contributed by atoms with Crippen LogP contribution in [0.4, 0.5) is 11.6 Å². The van der Waals surface area contributed by atoms with Gasteiger partial charge in [-0.3, -0.25) is 0 Å². The van der Waals surface area contributed by atoms with Gasteiger partial charge in [-0.25, -0.2) is 18.4 Å². The number of aryl methyl sites for hydroxylation is 1. The highest BCUT2D eigenvalue weighted by Gasteiger charge is 2.30. The highest BCUT2D eigenvalue weighted by atomic mass is 32.2. The molecule has 1 saturated heterocycles. The van der Waals surface area contributed by atoms with Crippen LogP contribution >= 0.6 is 0 Å². The summed E-state index contributed by atoms with van der Waals surface area (Å²) in [5.74, 6) is 2.53. The first kappa shape index (κ1) is 15.0. The van der Waals surface area contributed by atoms with Gasteiger partial charge in [-0.05, 0) is 19.3 Å².